The fourth-order valence-electron chi connectivity index (χ4n) is 3.58. The minimum Gasteiger partial charge on any atom is -0.480 e. The molecule has 5 nitrogen and oxygen atoms in total. The molecule has 1 amide bonds. The molecular formula is C19H17NO4. The molecule has 24 heavy (non-hydrogen) atoms. The summed E-state index contributed by atoms with van der Waals surface area (Å²) in [5, 5.41) is 9.69. The molecule has 2 aromatic rings. The molecule has 2 aliphatic heterocycles. The van der Waals surface area contributed by atoms with Gasteiger partial charge in [0.05, 0.1) is 0 Å². The number of nitrogens with zero attached hydrogens (tertiary/aromatic N) is 1. The third-order valence-corrected chi connectivity index (χ3v) is 4.72. The van der Waals surface area contributed by atoms with Gasteiger partial charge in [-0.3, -0.25) is 4.79 Å². The number of hydrogen-bond acceptors (Lipinski definition) is 3. The molecule has 0 radical (unpaired) electrons. The number of carbonyl (C=O) groups is 2. The van der Waals surface area contributed by atoms with Crippen molar-refractivity contribution in [1.29, 1.82) is 0 Å². The van der Waals surface area contributed by atoms with Crippen LogP contribution >= 0.6 is 0 Å². The number of hydrogen-bond donors (Lipinski definition) is 1. The normalized spacial score (nSPS) is 21.6. The molecule has 1 N–H and O–H groups in total. The lowest BCUT2D eigenvalue weighted by atomic mass is 9.92. The average Bonchev–Trinajstić information content (AvgIpc) is 3.04. The fraction of sp³-hybridized carbons (Fsp3) is 0.263. The highest BCUT2D eigenvalue weighted by Crippen LogP contribution is 2.34. The maximum Gasteiger partial charge on any atom is 0.331 e. The number of aliphatic carboxylic acids is 1. The smallest absolute Gasteiger partial charge is 0.331 e. The van der Waals surface area contributed by atoms with E-state index in [-0.39, 0.29) is 5.91 Å². The van der Waals surface area contributed by atoms with Crippen molar-refractivity contribution >= 4 is 11.9 Å². The first kappa shape index (κ1) is 14.8. The van der Waals surface area contributed by atoms with E-state index in [2.05, 4.69) is 0 Å². The quantitative estimate of drug-likeness (QED) is 0.920. The minimum atomic E-state index is -1.01. The maximum atomic E-state index is 12.9. The third-order valence-electron chi connectivity index (χ3n) is 4.72. The Morgan fingerprint density at radius 2 is 1.75 bits per heavy atom. The predicted octanol–water partition coefficient (Wildman–Crippen LogP) is 2.20. The second kappa shape index (κ2) is 5.67. The van der Waals surface area contributed by atoms with Crippen molar-refractivity contribution in [2.75, 3.05) is 6.54 Å². The number of ether oxygens (including phenoxy) is 1. The number of fused-ring (bicyclic) bond motifs is 2. The molecule has 2 heterocycles. The second-order valence-corrected chi connectivity index (χ2v) is 6.14. The van der Waals surface area contributed by atoms with Crippen LogP contribution in [0.5, 0.6) is 5.75 Å². The van der Waals surface area contributed by atoms with Gasteiger partial charge in [-0.05, 0) is 29.2 Å². The molecule has 0 spiro atoms. The first-order valence-corrected chi connectivity index (χ1v) is 8.01. The Balaban J connectivity index is 1.62. The van der Waals surface area contributed by atoms with Crippen LogP contribution in [0.25, 0.3) is 0 Å². The predicted molar refractivity (Wildman–Crippen MR) is 86.8 cm³/mol. The summed E-state index contributed by atoms with van der Waals surface area (Å²) in [5.74, 6) is -0.556. The van der Waals surface area contributed by atoms with Gasteiger partial charge in [-0.1, -0.05) is 42.5 Å². The zero-order chi connectivity index (χ0) is 16.7. The van der Waals surface area contributed by atoms with Gasteiger partial charge in [-0.2, -0.15) is 0 Å². The van der Waals surface area contributed by atoms with Crippen molar-refractivity contribution in [3.63, 3.8) is 0 Å². The van der Waals surface area contributed by atoms with Crippen molar-refractivity contribution in [2.24, 2.45) is 0 Å². The molecule has 5 heteroatoms. The highest BCUT2D eigenvalue weighted by Gasteiger charge is 2.40. The molecule has 0 saturated carbocycles. The van der Waals surface area contributed by atoms with Gasteiger partial charge in [0, 0.05) is 13.0 Å². The maximum absolute atomic E-state index is 12.9. The monoisotopic (exact) mass is 323 g/mol. The molecule has 4 rings (SSSR count). The lowest BCUT2D eigenvalue weighted by Gasteiger charge is -2.35. The topological polar surface area (TPSA) is 66.8 Å². The Bertz CT molecular complexity index is 792. The summed E-state index contributed by atoms with van der Waals surface area (Å²) in [6.45, 7) is 0.392. The summed E-state index contributed by atoms with van der Waals surface area (Å²) >= 11 is 0. The number of carbonyl (C=O) groups excluding carboxylic acids is 1. The first-order valence-electron chi connectivity index (χ1n) is 8.01. The van der Waals surface area contributed by atoms with Gasteiger partial charge in [0.25, 0.3) is 5.91 Å². The number of carboxylic acid groups (broad SMARTS) is 1. The standard InChI is InChI=1S/C19H17NO4/c21-18(16-11-13-6-2-4-8-15(13)24-16)20-10-9-12-5-1-3-7-14(12)17(20)19(22)23/h1-8,16-17H,9-11H2,(H,22,23). The van der Waals surface area contributed by atoms with Crippen molar-refractivity contribution in [1.82, 2.24) is 4.90 Å². The highest BCUT2D eigenvalue weighted by molar-refractivity contribution is 5.89. The SMILES string of the molecule is O=C(O)C1c2ccccc2CCN1C(=O)C1Cc2ccccc2O1. The summed E-state index contributed by atoms with van der Waals surface area (Å²) in [6, 6.07) is 14.0. The van der Waals surface area contributed by atoms with E-state index in [0.717, 1.165) is 11.1 Å². The molecule has 0 aromatic heterocycles. The van der Waals surface area contributed by atoms with Crippen molar-refractivity contribution in [3.05, 3.63) is 65.2 Å². The minimum absolute atomic E-state index is 0.256. The van der Waals surface area contributed by atoms with Crippen LogP contribution in [0, 0.1) is 0 Å². The molecule has 0 saturated heterocycles. The van der Waals surface area contributed by atoms with Crippen molar-refractivity contribution in [2.45, 2.75) is 25.0 Å². The van der Waals surface area contributed by atoms with E-state index in [0.29, 0.717) is 30.7 Å². The van der Waals surface area contributed by atoms with Crippen LogP contribution in [0.4, 0.5) is 0 Å². The summed E-state index contributed by atoms with van der Waals surface area (Å²) in [6.07, 6.45) is 0.500. The van der Waals surface area contributed by atoms with Gasteiger partial charge >= 0.3 is 5.97 Å². The number of para-hydroxylation sites is 1. The highest BCUT2D eigenvalue weighted by atomic mass is 16.5. The van der Waals surface area contributed by atoms with Gasteiger partial charge in [-0.25, -0.2) is 4.79 Å². The largest absolute Gasteiger partial charge is 0.480 e. The Hall–Kier alpha value is -2.82. The Morgan fingerprint density at radius 1 is 1.04 bits per heavy atom. The lowest BCUT2D eigenvalue weighted by molar-refractivity contribution is -0.154. The molecule has 0 aliphatic carbocycles. The van der Waals surface area contributed by atoms with Crippen LogP contribution in [0.2, 0.25) is 0 Å². The molecule has 2 aromatic carbocycles. The number of carboxylic acids is 1. The molecule has 2 unspecified atom stereocenters. The molecule has 0 bridgehead atoms. The van der Waals surface area contributed by atoms with E-state index in [1.165, 1.54) is 4.90 Å². The number of amides is 1. The van der Waals surface area contributed by atoms with Gasteiger partial charge in [-0.15, -0.1) is 0 Å². The third kappa shape index (κ3) is 2.33. The second-order valence-electron chi connectivity index (χ2n) is 6.14. The lowest BCUT2D eigenvalue weighted by Crippen LogP contribution is -2.48. The van der Waals surface area contributed by atoms with Crippen LogP contribution in [0.1, 0.15) is 22.7 Å². The molecular weight excluding hydrogens is 306 g/mol. The van der Waals surface area contributed by atoms with E-state index in [1.807, 2.05) is 42.5 Å². The molecule has 0 fully saturated rings. The summed E-state index contributed by atoms with van der Waals surface area (Å²) < 4.78 is 5.75. The summed E-state index contributed by atoms with van der Waals surface area (Å²) in [4.78, 5) is 26.2. The van der Waals surface area contributed by atoms with Crippen LogP contribution < -0.4 is 4.74 Å². The average molecular weight is 323 g/mol. The van der Waals surface area contributed by atoms with Crippen LogP contribution in [0.3, 0.4) is 0 Å². The van der Waals surface area contributed by atoms with Crippen LogP contribution in [-0.2, 0) is 22.4 Å². The van der Waals surface area contributed by atoms with Gasteiger partial charge in [0.15, 0.2) is 12.1 Å². The summed E-state index contributed by atoms with van der Waals surface area (Å²) in [5.41, 5.74) is 2.67. The molecule has 2 atom stereocenters. The van der Waals surface area contributed by atoms with E-state index in [1.54, 1.807) is 6.07 Å². The first-order chi connectivity index (χ1) is 11.6. The van der Waals surface area contributed by atoms with E-state index in [9.17, 15) is 14.7 Å². The summed E-state index contributed by atoms with van der Waals surface area (Å²) in [7, 11) is 0. The van der Waals surface area contributed by atoms with Gasteiger partial charge < -0.3 is 14.7 Å². The zero-order valence-corrected chi connectivity index (χ0v) is 13.0. The Labute approximate surface area is 139 Å². The van der Waals surface area contributed by atoms with Crippen molar-refractivity contribution in [3.8, 4) is 5.75 Å². The van der Waals surface area contributed by atoms with Crippen LogP contribution in [0.15, 0.2) is 48.5 Å². The zero-order valence-electron chi connectivity index (χ0n) is 13.0. The van der Waals surface area contributed by atoms with Gasteiger partial charge in [0.1, 0.15) is 5.75 Å². The Kier molecular flexibility index (Phi) is 3.49. The van der Waals surface area contributed by atoms with E-state index < -0.39 is 18.1 Å². The molecule has 122 valence electrons. The van der Waals surface area contributed by atoms with Crippen molar-refractivity contribution < 1.29 is 19.4 Å². The van der Waals surface area contributed by atoms with Gasteiger partial charge in [0.2, 0.25) is 0 Å². The Morgan fingerprint density at radius 3 is 2.50 bits per heavy atom. The van der Waals surface area contributed by atoms with Crippen LogP contribution in [-0.4, -0.2) is 34.5 Å². The number of rotatable bonds is 2. The van der Waals surface area contributed by atoms with E-state index in [4.69, 9.17) is 4.74 Å². The molecule has 2 aliphatic rings. The number of benzene rings is 2. The van der Waals surface area contributed by atoms with E-state index >= 15 is 0 Å². The fourth-order valence-corrected chi connectivity index (χ4v) is 3.58.